The number of piperidine rings is 1. The zero-order chi connectivity index (χ0) is 13.4. The normalized spacial score (nSPS) is 23.0. The van der Waals surface area contributed by atoms with Crippen molar-refractivity contribution in [1.82, 2.24) is 10.2 Å². The first-order valence-corrected chi connectivity index (χ1v) is 9.58. The third kappa shape index (κ3) is 5.13. The zero-order valence-corrected chi connectivity index (χ0v) is 16.8. The first-order valence-electron chi connectivity index (χ1n) is 7.61. The Kier molecular flexibility index (Phi) is 7.71. The molecule has 2 atom stereocenters. The Morgan fingerprint density at radius 2 is 2.00 bits per heavy atom. The maximum absolute atomic E-state index is 5.31. The molecule has 2 unspecified atom stereocenters. The summed E-state index contributed by atoms with van der Waals surface area (Å²) in [6.45, 7) is 9.37. The van der Waals surface area contributed by atoms with Gasteiger partial charge in [-0.05, 0) is 57.8 Å². The van der Waals surface area contributed by atoms with Crippen LogP contribution in [-0.2, 0) is 4.43 Å². The number of hydrogen-bond acceptors (Lipinski definition) is 3. The van der Waals surface area contributed by atoms with E-state index in [0.29, 0.717) is 0 Å². The van der Waals surface area contributed by atoms with Gasteiger partial charge in [-0.15, -0.1) is 0 Å². The molecule has 1 N–H and O–H groups in total. The van der Waals surface area contributed by atoms with Crippen LogP contribution in [0.25, 0.3) is 0 Å². The van der Waals surface area contributed by atoms with E-state index in [1.54, 1.807) is 0 Å². The van der Waals surface area contributed by atoms with Crippen LogP contribution >= 0.6 is 0 Å². The molecule has 0 amide bonds. The highest BCUT2D eigenvalue weighted by molar-refractivity contribution is 6.11. The van der Waals surface area contributed by atoms with Gasteiger partial charge in [0.05, 0.1) is 5.66 Å². The van der Waals surface area contributed by atoms with Crippen LogP contribution in [0, 0.1) is 0 Å². The van der Waals surface area contributed by atoms with Crippen LogP contribution < -0.4 is 5.32 Å². The molecule has 0 aromatic rings. The van der Waals surface area contributed by atoms with E-state index >= 15 is 0 Å². The van der Waals surface area contributed by atoms with Crippen molar-refractivity contribution in [3.05, 3.63) is 0 Å². The molecule has 0 aromatic heterocycles. The number of nitrogens with one attached hydrogen (secondary N) is 1. The van der Waals surface area contributed by atoms with E-state index in [2.05, 4.69) is 24.1 Å². The van der Waals surface area contributed by atoms with Gasteiger partial charge in [0.25, 0.3) is 0 Å². The summed E-state index contributed by atoms with van der Waals surface area (Å²) in [5.41, 5.74) is 1.06. The molecule has 108 valence electrons. The molecule has 1 aliphatic heterocycles. The van der Waals surface area contributed by atoms with E-state index in [9.17, 15) is 0 Å². The second-order valence-electron chi connectivity index (χ2n) is 5.94. The van der Waals surface area contributed by atoms with E-state index in [1.807, 2.05) is 0 Å². The molecule has 1 saturated heterocycles. The molecule has 0 spiro atoms. The van der Waals surface area contributed by atoms with Crippen molar-refractivity contribution in [2.24, 2.45) is 0 Å². The van der Waals surface area contributed by atoms with Gasteiger partial charge in [0, 0.05) is 16.8 Å². The molecule has 1 fully saturated rings. The summed E-state index contributed by atoms with van der Waals surface area (Å²) in [6, 6.07) is 0. The smallest absolute Gasteiger partial charge is 0.145 e. The summed E-state index contributed by atoms with van der Waals surface area (Å²) < 4.78 is 5.31. The fraction of sp³-hybridized carbons (Fsp3) is 1.00. The summed E-state index contributed by atoms with van der Waals surface area (Å²) in [7, 11) is 2.15. The van der Waals surface area contributed by atoms with E-state index in [4.69, 9.17) is 4.43 Å². The topological polar surface area (TPSA) is 24.5 Å². The van der Waals surface area contributed by atoms with Crippen LogP contribution in [0.2, 0.25) is 5.54 Å². The van der Waals surface area contributed by atoms with Crippen molar-refractivity contribution >= 4 is 20.7 Å². The molecule has 0 aliphatic carbocycles. The molecule has 0 bridgehead atoms. The Morgan fingerprint density at radius 3 is 2.56 bits per heavy atom. The van der Waals surface area contributed by atoms with Crippen LogP contribution in [0.1, 0.15) is 46.0 Å². The van der Waals surface area contributed by atoms with Gasteiger partial charge in [-0.25, -0.2) is 0 Å². The van der Waals surface area contributed by atoms with Crippen LogP contribution in [0.5, 0.6) is 0 Å². The number of hydrogen-bond donors (Lipinski definition) is 1. The lowest BCUT2D eigenvalue weighted by Gasteiger charge is -2.44. The predicted molar refractivity (Wildman–Crippen MR) is 86.3 cm³/mol. The van der Waals surface area contributed by atoms with Crippen LogP contribution in [-0.4, -0.2) is 57.5 Å². The summed E-state index contributed by atoms with van der Waals surface area (Å²) >= 11 is 0. The predicted octanol–water partition coefficient (Wildman–Crippen LogP) is 0.0291. The SMILES string of the molecule is CCC(C)(NCC([SiH3])CCO[SiH3])N1CCCCC1. The maximum atomic E-state index is 5.31. The lowest BCUT2D eigenvalue weighted by Crippen LogP contribution is -2.58. The van der Waals surface area contributed by atoms with E-state index in [-0.39, 0.29) is 5.66 Å². The summed E-state index contributed by atoms with van der Waals surface area (Å²) in [4.78, 5) is 2.66. The number of likely N-dealkylation sites (tertiary alicyclic amines) is 1. The number of nitrogens with zero attached hydrogens (tertiary/aromatic N) is 1. The minimum Gasteiger partial charge on any atom is -0.428 e. The molecule has 0 radical (unpaired) electrons. The first-order chi connectivity index (χ1) is 8.62. The Morgan fingerprint density at radius 1 is 1.33 bits per heavy atom. The van der Waals surface area contributed by atoms with Gasteiger partial charge in [-0.2, -0.15) is 0 Å². The van der Waals surface area contributed by atoms with Crippen molar-refractivity contribution in [1.29, 1.82) is 0 Å². The molecule has 1 heterocycles. The van der Waals surface area contributed by atoms with Gasteiger partial charge in [0.15, 0.2) is 0 Å². The highest BCUT2D eigenvalue weighted by Crippen LogP contribution is 2.22. The Bertz CT molecular complexity index is 225. The monoisotopic (exact) mass is 288 g/mol. The van der Waals surface area contributed by atoms with Crippen molar-refractivity contribution in [2.75, 3.05) is 26.2 Å². The first kappa shape index (κ1) is 16.4. The second-order valence-corrected chi connectivity index (χ2v) is 8.15. The quantitative estimate of drug-likeness (QED) is 0.638. The van der Waals surface area contributed by atoms with Crippen molar-refractivity contribution in [3.8, 4) is 0 Å². The fourth-order valence-electron chi connectivity index (χ4n) is 2.66. The molecular weight excluding hydrogens is 256 g/mol. The van der Waals surface area contributed by atoms with Crippen molar-refractivity contribution < 1.29 is 4.43 Å². The standard InChI is InChI=1S/C13H32N2OSi2/c1-3-13(2,15-8-5-4-6-9-15)14-11-12(17)7-10-16-18/h12,14H,3-11H2,1-2,17-18H3. The van der Waals surface area contributed by atoms with Gasteiger partial charge in [-0.1, -0.05) is 13.3 Å². The molecule has 1 rings (SSSR count). The summed E-state index contributed by atoms with van der Waals surface area (Å²) in [6.07, 6.45) is 6.59. The van der Waals surface area contributed by atoms with Gasteiger partial charge < -0.3 is 4.43 Å². The van der Waals surface area contributed by atoms with E-state index < -0.39 is 0 Å². The minimum atomic E-state index is 0.213. The minimum absolute atomic E-state index is 0.213. The Labute approximate surface area is 119 Å². The Hall–Kier alpha value is 0.314. The molecular formula is C13H32N2OSi2. The largest absolute Gasteiger partial charge is 0.428 e. The third-order valence-electron chi connectivity index (χ3n) is 4.39. The highest BCUT2D eigenvalue weighted by Gasteiger charge is 2.30. The van der Waals surface area contributed by atoms with Crippen molar-refractivity contribution in [2.45, 2.75) is 57.2 Å². The third-order valence-corrected chi connectivity index (χ3v) is 5.78. The van der Waals surface area contributed by atoms with E-state index in [1.165, 1.54) is 55.4 Å². The second kappa shape index (κ2) is 8.48. The molecule has 1 aliphatic rings. The molecule has 3 nitrogen and oxygen atoms in total. The van der Waals surface area contributed by atoms with E-state index in [0.717, 1.165) is 29.2 Å². The Balaban J connectivity index is 2.38. The fourth-order valence-corrected chi connectivity index (χ4v) is 3.34. The highest BCUT2D eigenvalue weighted by atomic mass is 28.2. The van der Waals surface area contributed by atoms with Crippen LogP contribution in [0.3, 0.4) is 0 Å². The van der Waals surface area contributed by atoms with Gasteiger partial charge in [-0.3, -0.25) is 10.2 Å². The van der Waals surface area contributed by atoms with Gasteiger partial charge in [0.1, 0.15) is 10.5 Å². The summed E-state index contributed by atoms with van der Waals surface area (Å²) in [5, 5.41) is 3.84. The molecule has 0 aromatic carbocycles. The number of rotatable bonds is 8. The van der Waals surface area contributed by atoms with Gasteiger partial charge in [0.2, 0.25) is 0 Å². The zero-order valence-electron chi connectivity index (χ0n) is 12.8. The summed E-state index contributed by atoms with van der Waals surface area (Å²) in [5.74, 6) is 0. The van der Waals surface area contributed by atoms with Crippen LogP contribution in [0.4, 0.5) is 0 Å². The van der Waals surface area contributed by atoms with Gasteiger partial charge >= 0.3 is 0 Å². The maximum Gasteiger partial charge on any atom is 0.145 e. The van der Waals surface area contributed by atoms with Crippen LogP contribution in [0.15, 0.2) is 0 Å². The molecule has 5 heteroatoms. The average molecular weight is 289 g/mol. The van der Waals surface area contributed by atoms with Crippen molar-refractivity contribution in [3.63, 3.8) is 0 Å². The lowest BCUT2D eigenvalue weighted by atomic mass is 10.0. The lowest BCUT2D eigenvalue weighted by molar-refractivity contribution is 0.0475. The molecule has 0 saturated carbocycles. The average Bonchev–Trinajstić information content (AvgIpc) is 2.43. The molecule has 18 heavy (non-hydrogen) atoms.